The van der Waals surface area contributed by atoms with E-state index in [4.69, 9.17) is 5.11 Å². The van der Waals surface area contributed by atoms with Crippen LogP contribution in [-0.4, -0.2) is 40.5 Å². The number of nitrogens with zero attached hydrogens (tertiary/aromatic N) is 1. The van der Waals surface area contributed by atoms with Gasteiger partial charge in [0.1, 0.15) is 0 Å². The Balaban J connectivity index is 2.65. The summed E-state index contributed by atoms with van der Waals surface area (Å²) in [5, 5.41) is 11.8. The fourth-order valence-electron chi connectivity index (χ4n) is 1.85. The van der Waals surface area contributed by atoms with Crippen LogP contribution in [0.2, 0.25) is 0 Å². The average Bonchev–Trinajstić information content (AvgIpc) is 2.36. The van der Waals surface area contributed by atoms with Gasteiger partial charge in [-0.15, -0.1) is 0 Å². The van der Waals surface area contributed by atoms with E-state index in [1.165, 1.54) is 0 Å². The van der Waals surface area contributed by atoms with Gasteiger partial charge in [0, 0.05) is 12.1 Å². The third kappa shape index (κ3) is 5.55. The number of aromatic carboxylic acids is 1. The van der Waals surface area contributed by atoms with Crippen LogP contribution < -0.4 is 5.32 Å². The topological polar surface area (TPSA) is 69.6 Å². The molecule has 1 amide bonds. The number of carboxylic acids is 1. The summed E-state index contributed by atoms with van der Waals surface area (Å²) >= 11 is 0. The van der Waals surface area contributed by atoms with Crippen LogP contribution in [0.15, 0.2) is 24.3 Å². The Labute approximate surface area is 126 Å². The first kappa shape index (κ1) is 17.2. The van der Waals surface area contributed by atoms with Gasteiger partial charge in [0.2, 0.25) is 5.91 Å². The maximum absolute atomic E-state index is 12.1. The standard InChI is InChI=1S/C16H24N2O3/c1-11(14(19)17-16(2,3)4)18(5)10-12-6-8-13(9-7-12)15(20)21/h6-9,11H,10H2,1-5H3,(H,17,19)(H,20,21). The molecular weight excluding hydrogens is 268 g/mol. The molecule has 0 aliphatic heterocycles. The largest absolute Gasteiger partial charge is 0.478 e. The van der Waals surface area contributed by atoms with Crippen molar-refractivity contribution < 1.29 is 14.7 Å². The summed E-state index contributed by atoms with van der Waals surface area (Å²) in [5.41, 5.74) is 0.979. The van der Waals surface area contributed by atoms with Gasteiger partial charge in [0.15, 0.2) is 0 Å². The maximum atomic E-state index is 12.1. The Morgan fingerprint density at radius 2 is 1.76 bits per heavy atom. The highest BCUT2D eigenvalue weighted by Crippen LogP contribution is 2.10. The number of benzene rings is 1. The van der Waals surface area contributed by atoms with Crippen LogP contribution in [0.4, 0.5) is 0 Å². The number of nitrogens with one attached hydrogen (secondary N) is 1. The molecule has 0 bridgehead atoms. The van der Waals surface area contributed by atoms with Gasteiger partial charge in [-0.05, 0) is 52.4 Å². The fraction of sp³-hybridized carbons (Fsp3) is 0.500. The lowest BCUT2D eigenvalue weighted by atomic mass is 10.1. The van der Waals surface area contributed by atoms with Crippen LogP contribution in [0.3, 0.4) is 0 Å². The zero-order valence-corrected chi connectivity index (χ0v) is 13.3. The van der Waals surface area contributed by atoms with Crippen LogP contribution in [0, 0.1) is 0 Å². The van der Waals surface area contributed by atoms with Gasteiger partial charge < -0.3 is 10.4 Å². The minimum atomic E-state index is -0.937. The molecule has 1 aromatic carbocycles. The zero-order chi connectivity index (χ0) is 16.2. The highest BCUT2D eigenvalue weighted by molar-refractivity contribution is 5.87. The lowest BCUT2D eigenvalue weighted by molar-refractivity contribution is -0.127. The van der Waals surface area contributed by atoms with E-state index in [0.29, 0.717) is 6.54 Å². The molecule has 5 heteroatoms. The summed E-state index contributed by atoms with van der Waals surface area (Å²) in [7, 11) is 1.87. The molecule has 1 unspecified atom stereocenters. The fourth-order valence-corrected chi connectivity index (χ4v) is 1.85. The van der Waals surface area contributed by atoms with Gasteiger partial charge in [-0.1, -0.05) is 12.1 Å². The Morgan fingerprint density at radius 3 is 2.19 bits per heavy atom. The van der Waals surface area contributed by atoms with Gasteiger partial charge >= 0.3 is 5.97 Å². The lowest BCUT2D eigenvalue weighted by Gasteiger charge is -2.28. The first-order valence-corrected chi connectivity index (χ1v) is 6.94. The Kier molecular flexibility index (Phi) is 5.49. The van der Waals surface area contributed by atoms with Crippen molar-refractivity contribution >= 4 is 11.9 Å². The number of hydrogen-bond donors (Lipinski definition) is 2. The molecule has 1 atom stereocenters. The number of rotatable bonds is 5. The van der Waals surface area contributed by atoms with Crippen molar-refractivity contribution in [1.82, 2.24) is 10.2 Å². The minimum Gasteiger partial charge on any atom is -0.478 e. The molecule has 0 aromatic heterocycles. The normalized spacial score (nSPS) is 13.0. The number of hydrogen-bond acceptors (Lipinski definition) is 3. The molecule has 2 N–H and O–H groups in total. The number of carbonyl (C=O) groups excluding carboxylic acids is 1. The van der Waals surface area contributed by atoms with Crippen molar-refractivity contribution in [2.45, 2.75) is 45.8 Å². The molecule has 0 spiro atoms. The molecule has 0 aliphatic rings. The summed E-state index contributed by atoms with van der Waals surface area (Å²) in [4.78, 5) is 24.8. The maximum Gasteiger partial charge on any atom is 0.335 e. The first-order valence-electron chi connectivity index (χ1n) is 6.94. The highest BCUT2D eigenvalue weighted by Gasteiger charge is 2.22. The van der Waals surface area contributed by atoms with E-state index in [1.54, 1.807) is 24.3 Å². The third-order valence-electron chi connectivity index (χ3n) is 3.17. The van der Waals surface area contributed by atoms with Gasteiger partial charge in [0.05, 0.1) is 11.6 Å². The SMILES string of the molecule is CC(C(=O)NC(C)(C)C)N(C)Cc1ccc(C(=O)O)cc1. The third-order valence-corrected chi connectivity index (χ3v) is 3.17. The van der Waals surface area contributed by atoms with Gasteiger partial charge in [-0.25, -0.2) is 4.79 Å². The molecule has 0 saturated heterocycles. The molecule has 5 nitrogen and oxygen atoms in total. The smallest absolute Gasteiger partial charge is 0.335 e. The Hall–Kier alpha value is -1.88. The first-order chi connectivity index (χ1) is 9.60. The van der Waals surface area contributed by atoms with E-state index in [9.17, 15) is 9.59 Å². The molecule has 0 saturated carbocycles. The predicted octanol–water partition coefficient (Wildman–Crippen LogP) is 2.12. The number of carbonyl (C=O) groups is 2. The van der Waals surface area contributed by atoms with Crippen LogP contribution in [-0.2, 0) is 11.3 Å². The van der Waals surface area contributed by atoms with Crippen molar-refractivity contribution in [3.05, 3.63) is 35.4 Å². The highest BCUT2D eigenvalue weighted by atomic mass is 16.4. The van der Waals surface area contributed by atoms with Crippen molar-refractivity contribution in [2.75, 3.05) is 7.05 Å². The van der Waals surface area contributed by atoms with E-state index in [1.807, 2.05) is 39.6 Å². The Bertz CT molecular complexity index is 503. The molecule has 0 heterocycles. The van der Waals surface area contributed by atoms with Gasteiger partial charge in [-0.2, -0.15) is 0 Å². The Morgan fingerprint density at radius 1 is 1.24 bits per heavy atom. The summed E-state index contributed by atoms with van der Waals surface area (Å²) in [6.45, 7) is 8.28. The van der Waals surface area contributed by atoms with E-state index in [-0.39, 0.29) is 23.1 Å². The molecule has 0 fully saturated rings. The second-order valence-corrected chi connectivity index (χ2v) is 6.33. The molecule has 21 heavy (non-hydrogen) atoms. The summed E-state index contributed by atoms with van der Waals surface area (Å²) < 4.78 is 0. The van der Waals surface area contributed by atoms with Crippen LogP contribution in [0.25, 0.3) is 0 Å². The van der Waals surface area contributed by atoms with Crippen LogP contribution in [0.1, 0.15) is 43.6 Å². The summed E-state index contributed by atoms with van der Waals surface area (Å²) in [6.07, 6.45) is 0. The quantitative estimate of drug-likeness (QED) is 0.872. The van der Waals surface area contributed by atoms with Crippen molar-refractivity contribution in [3.8, 4) is 0 Å². The van der Waals surface area contributed by atoms with E-state index in [0.717, 1.165) is 5.56 Å². The molecule has 0 radical (unpaired) electrons. The number of carboxylic acid groups (broad SMARTS) is 1. The molecule has 1 aromatic rings. The second-order valence-electron chi connectivity index (χ2n) is 6.33. The number of likely N-dealkylation sites (N-methyl/N-ethyl adjacent to an activating group) is 1. The van der Waals surface area contributed by atoms with Crippen LogP contribution in [0.5, 0.6) is 0 Å². The monoisotopic (exact) mass is 292 g/mol. The van der Waals surface area contributed by atoms with Crippen molar-refractivity contribution in [1.29, 1.82) is 0 Å². The van der Waals surface area contributed by atoms with Crippen molar-refractivity contribution in [2.24, 2.45) is 0 Å². The number of amides is 1. The lowest BCUT2D eigenvalue weighted by Crippen LogP contribution is -2.49. The van der Waals surface area contributed by atoms with Gasteiger partial charge in [0.25, 0.3) is 0 Å². The predicted molar refractivity (Wildman–Crippen MR) is 82.2 cm³/mol. The molecule has 116 valence electrons. The van der Waals surface area contributed by atoms with E-state index < -0.39 is 5.97 Å². The van der Waals surface area contributed by atoms with Crippen molar-refractivity contribution in [3.63, 3.8) is 0 Å². The van der Waals surface area contributed by atoms with Gasteiger partial charge in [-0.3, -0.25) is 9.69 Å². The molecular formula is C16H24N2O3. The average molecular weight is 292 g/mol. The van der Waals surface area contributed by atoms with Crippen LogP contribution >= 0.6 is 0 Å². The summed E-state index contributed by atoms with van der Waals surface area (Å²) in [6, 6.07) is 6.43. The molecule has 1 rings (SSSR count). The molecule has 0 aliphatic carbocycles. The minimum absolute atomic E-state index is 0.0212. The second kappa shape index (κ2) is 6.72. The van der Waals surface area contributed by atoms with E-state index in [2.05, 4.69) is 5.32 Å². The zero-order valence-electron chi connectivity index (χ0n) is 13.3. The summed E-state index contributed by atoms with van der Waals surface area (Å²) in [5.74, 6) is -0.958. The van der Waals surface area contributed by atoms with E-state index >= 15 is 0 Å².